The highest BCUT2D eigenvalue weighted by Crippen LogP contribution is 2.36. The maximum absolute atomic E-state index is 13.7. The number of ether oxygens (including phenoxy) is 3. The van der Waals surface area contributed by atoms with Gasteiger partial charge in [0.15, 0.2) is 33.0 Å². The Hall–Kier alpha value is -3.50. The van der Waals surface area contributed by atoms with Crippen molar-refractivity contribution in [3.63, 3.8) is 0 Å². The smallest absolute Gasteiger partial charge is 0.245 e. The van der Waals surface area contributed by atoms with E-state index in [0.29, 0.717) is 18.9 Å². The average molecular weight is 551 g/mol. The van der Waals surface area contributed by atoms with Gasteiger partial charge in [0.25, 0.3) is 0 Å². The molecule has 3 aromatic heterocycles. The minimum atomic E-state index is -3.92. The predicted molar refractivity (Wildman–Crippen MR) is 129 cm³/mol. The highest BCUT2D eigenvalue weighted by molar-refractivity contribution is 7.91. The van der Waals surface area contributed by atoms with Crippen molar-refractivity contribution in [2.45, 2.75) is 42.5 Å². The van der Waals surface area contributed by atoms with Crippen LogP contribution >= 0.6 is 0 Å². The lowest BCUT2D eigenvalue weighted by atomic mass is 10.1. The highest BCUT2D eigenvalue weighted by atomic mass is 32.2. The summed E-state index contributed by atoms with van der Waals surface area (Å²) in [6.07, 6.45) is 3.36. The van der Waals surface area contributed by atoms with Crippen molar-refractivity contribution in [2.24, 2.45) is 0 Å². The van der Waals surface area contributed by atoms with Crippen molar-refractivity contribution in [1.29, 1.82) is 0 Å². The number of hydrogen-bond donors (Lipinski definition) is 1. The predicted octanol–water partition coefficient (Wildman–Crippen LogP) is 0.410. The van der Waals surface area contributed by atoms with Crippen molar-refractivity contribution in [1.82, 2.24) is 34.7 Å². The maximum atomic E-state index is 13.7. The number of methoxy groups -OCH3 is 2. The van der Waals surface area contributed by atoms with Crippen molar-refractivity contribution < 1.29 is 32.1 Å². The number of anilines is 1. The summed E-state index contributed by atoms with van der Waals surface area (Å²) in [5, 5.41) is 18.0. The van der Waals surface area contributed by atoms with Crippen LogP contribution in [0.3, 0.4) is 0 Å². The van der Waals surface area contributed by atoms with Crippen LogP contribution in [0, 0.1) is 5.82 Å². The molecular formula is C22H27FN8O6S. The zero-order valence-electron chi connectivity index (χ0n) is 20.8. The minimum Gasteiger partial charge on any atom is -0.479 e. The Bertz CT molecular complexity index is 1360. The summed E-state index contributed by atoms with van der Waals surface area (Å²) in [5.74, 6) is -0.249. The normalized spacial score (nSPS) is 22.0. The molecular weight excluding hydrogens is 523 g/mol. The van der Waals surface area contributed by atoms with Crippen molar-refractivity contribution in [3.8, 4) is 17.4 Å². The van der Waals surface area contributed by atoms with E-state index in [4.69, 9.17) is 14.2 Å². The molecule has 0 bridgehead atoms. The van der Waals surface area contributed by atoms with E-state index in [-0.39, 0.29) is 48.7 Å². The monoisotopic (exact) mass is 550 g/mol. The molecule has 2 fully saturated rings. The molecule has 0 aromatic carbocycles. The van der Waals surface area contributed by atoms with Crippen LogP contribution in [-0.4, -0.2) is 93.5 Å². The van der Waals surface area contributed by atoms with E-state index < -0.39 is 38.9 Å². The van der Waals surface area contributed by atoms with E-state index >= 15 is 0 Å². The number of aromatic nitrogens is 7. The van der Waals surface area contributed by atoms with Crippen LogP contribution in [0.5, 0.6) is 11.8 Å². The number of piperidine rings is 1. The summed E-state index contributed by atoms with van der Waals surface area (Å²) >= 11 is 0. The van der Waals surface area contributed by atoms with E-state index in [1.165, 1.54) is 30.0 Å². The topological polar surface area (TPSA) is 168 Å². The summed E-state index contributed by atoms with van der Waals surface area (Å²) in [5.41, 5.74) is 0.253. The standard InChI is InChI=1S/C22H27FN8O6S/c1-35-20-18(21(36-2)27-12-26-20)31-17(28-29-19(31)16-4-3-5-37-16)11-38(33,34)15-6-14(32)9-30(10-15)22-24-7-13(23)8-25-22/h7-8,12,14-16,32H,3-6,9-11H2,1-2H3/t14-,15+,16-/m1/s1. The second-order valence-electron chi connectivity index (χ2n) is 8.98. The number of aliphatic hydroxyl groups is 1. The van der Waals surface area contributed by atoms with Gasteiger partial charge in [-0.15, -0.1) is 10.2 Å². The molecule has 0 amide bonds. The van der Waals surface area contributed by atoms with E-state index in [9.17, 15) is 17.9 Å². The van der Waals surface area contributed by atoms with Crippen LogP contribution in [0.1, 0.15) is 37.0 Å². The summed E-state index contributed by atoms with van der Waals surface area (Å²) in [4.78, 5) is 17.7. The number of sulfone groups is 1. The Kier molecular flexibility index (Phi) is 7.36. The van der Waals surface area contributed by atoms with Crippen LogP contribution in [0.4, 0.5) is 10.3 Å². The largest absolute Gasteiger partial charge is 0.479 e. The molecule has 0 spiro atoms. The number of nitrogens with zero attached hydrogens (tertiary/aromatic N) is 8. The fourth-order valence-electron chi connectivity index (χ4n) is 4.71. The first kappa shape index (κ1) is 26.1. The van der Waals surface area contributed by atoms with Gasteiger partial charge in [-0.2, -0.15) is 9.97 Å². The minimum absolute atomic E-state index is 0.00779. The van der Waals surface area contributed by atoms with Gasteiger partial charge in [0.1, 0.15) is 18.2 Å². The molecule has 0 saturated carbocycles. The highest BCUT2D eigenvalue weighted by Gasteiger charge is 2.38. The maximum Gasteiger partial charge on any atom is 0.245 e. The Morgan fingerprint density at radius 3 is 2.45 bits per heavy atom. The van der Waals surface area contributed by atoms with Crippen LogP contribution in [0.2, 0.25) is 0 Å². The van der Waals surface area contributed by atoms with Crippen molar-refractivity contribution >= 4 is 15.8 Å². The SMILES string of the molecule is COc1ncnc(OC)c1-n1c(CS(=O)(=O)[C@H]2C[C@@H](O)CN(c3ncc(F)cn3)C2)nnc1[C@H]1CCCO1. The number of rotatable bonds is 8. The third-order valence-electron chi connectivity index (χ3n) is 6.46. The first-order valence-corrected chi connectivity index (χ1v) is 13.6. The molecule has 5 heterocycles. The molecule has 5 rings (SSSR count). The van der Waals surface area contributed by atoms with E-state index in [2.05, 4.69) is 30.1 Å². The van der Waals surface area contributed by atoms with Gasteiger partial charge < -0.3 is 24.2 Å². The van der Waals surface area contributed by atoms with Gasteiger partial charge >= 0.3 is 0 Å². The van der Waals surface area contributed by atoms with Gasteiger partial charge in [0.05, 0.1) is 38.0 Å². The van der Waals surface area contributed by atoms with Crippen LogP contribution in [0.15, 0.2) is 18.7 Å². The Labute approximate surface area is 217 Å². The fourth-order valence-corrected chi connectivity index (χ4v) is 6.42. The summed E-state index contributed by atoms with van der Waals surface area (Å²) in [6.45, 7) is 0.664. The second kappa shape index (κ2) is 10.7. The molecule has 3 aromatic rings. The van der Waals surface area contributed by atoms with Crippen LogP contribution in [0.25, 0.3) is 5.69 Å². The lowest BCUT2D eigenvalue weighted by molar-refractivity contribution is 0.103. The van der Waals surface area contributed by atoms with E-state index in [1.54, 1.807) is 0 Å². The molecule has 1 N–H and O–H groups in total. The lowest BCUT2D eigenvalue weighted by Crippen LogP contribution is -2.49. The molecule has 0 radical (unpaired) electrons. The third kappa shape index (κ3) is 5.10. The molecule has 14 nitrogen and oxygen atoms in total. The van der Waals surface area contributed by atoms with Gasteiger partial charge in [-0.05, 0) is 19.3 Å². The summed E-state index contributed by atoms with van der Waals surface area (Å²) < 4.78 is 58.9. The van der Waals surface area contributed by atoms with E-state index in [0.717, 1.165) is 18.8 Å². The van der Waals surface area contributed by atoms with Crippen molar-refractivity contribution in [2.75, 3.05) is 38.8 Å². The Morgan fingerprint density at radius 2 is 1.82 bits per heavy atom. The van der Waals surface area contributed by atoms with Gasteiger partial charge in [-0.25, -0.2) is 22.8 Å². The summed E-state index contributed by atoms with van der Waals surface area (Å²) in [6, 6.07) is 0. The van der Waals surface area contributed by atoms with Gasteiger partial charge in [-0.3, -0.25) is 4.57 Å². The molecule has 0 unspecified atom stereocenters. The molecule has 2 aliphatic heterocycles. The molecule has 38 heavy (non-hydrogen) atoms. The third-order valence-corrected chi connectivity index (χ3v) is 8.47. The number of β-amino-alcohol motifs (C(OH)–C–C–N with tert-alkyl or cyclic N) is 1. The van der Waals surface area contributed by atoms with Crippen LogP contribution < -0.4 is 14.4 Å². The lowest BCUT2D eigenvalue weighted by Gasteiger charge is -2.35. The molecule has 2 aliphatic rings. The number of hydrogen-bond acceptors (Lipinski definition) is 13. The molecule has 204 valence electrons. The molecule has 3 atom stereocenters. The van der Waals surface area contributed by atoms with Gasteiger partial charge in [0, 0.05) is 19.7 Å². The molecule has 0 aliphatic carbocycles. The van der Waals surface area contributed by atoms with Gasteiger partial charge in [0.2, 0.25) is 17.7 Å². The number of halogens is 1. The first-order chi connectivity index (χ1) is 18.3. The van der Waals surface area contributed by atoms with Crippen molar-refractivity contribution in [3.05, 3.63) is 36.2 Å². The quantitative estimate of drug-likeness (QED) is 0.410. The van der Waals surface area contributed by atoms with E-state index in [1.807, 2.05) is 0 Å². The Balaban J connectivity index is 1.51. The zero-order chi connectivity index (χ0) is 26.9. The summed E-state index contributed by atoms with van der Waals surface area (Å²) in [7, 11) is -1.07. The van der Waals surface area contributed by atoms with Gasteiger partial charge in [-0.1, -0.05) is 0 Å². The molecule has 2 saturated heterocycles. The fraction of sp³-hybridized carbons (Fsp3) is 0.545. The molecule has 16 heteroatoms. The Morgan fingerprint density at radius 1 is 1.11 bits per heavy atom. The first-order valence-electron chi connectivity index (χ1n) is 11.9. The zero-order valence-corrected chi connectivity index (χ0v) is 21.6. The second-order valence-corrected chi connectivity index (χ2v) is 11.3. The number of aliphatic hydroxyl groups excluding tert-OH is 1. The average Bonchev–Trinajstić information content (AvgIpc) is 3.58. The van der Waals surface area contributed by atoms with Crippen LogP contribution in [-0.2, 0) is 20.3 Å².